The third-order valence-corrected chi connectivity index (χ3v) is 16.7. The maximum atomic E-state index is 13.4. The highest BCUT2D eigenvalue weighted by Crippen LogP contribution is 2.39. The molecule has 0 fully saturated rings. The molecule has 3 N–H and O–H groups in total. The van der Waals surface area contributed by atoms with Crippen molar-refractivity contribution in [3.63, 3.8) is 0 Å². The van der Waals surface area contributed by atoms with Crippen molar-refractivity contribution in [2.24, 2.45) is 0 Å². The van der Waals surface area contributed by atoms with E-state index in [1.54, 1.807) is 6.07 Å². The fourth-order valence-corrected chi connectivity index (χ4v) is 13.8. The first-order chi connectivity index (χ1) is 22.3. The van der Waals surface area contributed by atoms with Crippen molar-refractivity contribution in [3.8, 4) is 11.5 Å². The van der Waals surface area contributed by atoms with Crippen LogP contribution in [0.25, 0.3) is 6.08 Å². The number of ether oxygens (including phenoxy) is 1. The van der Waals surface area contributed by atoms with E-state index in [1.807, 2.05) is 48.5 Å². The van der Waals surface area contributed by atoms with Gasteiger partial charge in [-0.3, -0.25) is 0 Å². The summed E-state index contributed by atoms with van der Waals surface area (Å²) in [4.78, 5) is 0. The molecule has 0 radical (unpaired) electrons. The van der Waals surface area contributed by atoms with Gasteiger partial charge < -0.3 is 24.5 Å². The van der Waals surface area contributed by atoms with E-state index < -0.39 is 36.1 Å². The van der Waals surface area contributed by atoms with Crippen LogP contribution in [0.1, 0.15) is 58.9 Å². The van der Waals surface area contributed by atoms with Crippen molar-refractivity contribution in [2.75, 3.05) is 26.1 Å². The molecule has 0 aliphatic carbocycles. The van der Waals surface area contributed by atoms with E-state index in [1.165, 1.54) is 7.11 Å². The Bertz CT molecular complexity index is 1640. The standard InChI is InChI=1S/C37H47IO7SSi/c1-6-13-26(20-27-21-31(38)36(41)33(22-27)44-5)18-19-32(40)35-28(25-46(42,43)34(35)23-39)24-45-47(37(2,3)4,29-14-9-7-10-15-29)30-16-11-8-12-17-30/h7-12,14-17,20-22,32,34,39-41H,6,13,18-19,23-25H2,1-5H3/b26-20+/t32-,34+/m1/s1. The normalized spacial score (nSPS) is 17.6. The monoisotopic (exact) mass is 790 g/mol. The van der Waals surface area contributed by atoms with Crippen LogP contribution in [0.3, 0.4) is 0 Å². The molecule has 7 nitrogen and oxygen atoms in total. The maximum Gasteiger partial charge on any atom is 0.261 e. The fraction of sp³-hybridized carbons (Fsp3) is 0.405. The second kappa shape index (κ2) is 15.8. The molecule has 0 saturated carbocycles. The Balaban J connectivity index is 1.70. The summed E-state index contributed by atoms with van der Waals surface area (Å²) < 4.78 is 39.8. The number of hydrogen-bond donors (Lipinski definition) is 3. The number of aromatic hydroxyl groups is 1. The largest absolute Gasteiger partial charge is 0.504 e. The van der Waals surface area contributed by atoms with Crippen LogP contribution in [0.4, 0.5) is 0 Å². The number of aliphatic hydroxyl groups excluding tert-OH is 2. The zero-order chi connectivity index (χ0) is 34.4. The van der Waals surface area contributed by atoms with Crippen LogP contribution >= 0.6 is 22.6 Å². The molecule has 0 bridgehead atoms. The van der Waals surface area contributed by atoms with Gasteiger partial charge in [0, 0.05) is 0 Å². The van der Waals surface area contributed by atoms with Crippen LogP contribution in [0.2, 0.25) is 5.04 Å². The zero-order valence-corrected chi connectivity index (χ0v) is 31.8. The van der Waals surface area contributed by atoms with E-state index in [-0.39, 0.29) is 23.1 Å². The van der Waals surface area contributed by atoms with E-state index in [2.05, 4.69) is 74.6 Å². The van der Waals surface area contributed by atoms with Gasteiger partial charge in [-0.2, -0.15) is 0 Å². The van der Waals surface area contributed by atoms with Crippen LogP contribution in [-0.4, -0.2) is 69.5 Å². The van der Waals surface area contributed by atoms with Crippen LogP contribution < -0.4 is 15.1 Å². The lowest BCUT2D eigenvalue weighted by Gasteiger charge is -2.43. The Morgan fingerprint density at radius 1 is 1.04 bits per heavy atom. The number of sulfone groups is 1. The van der Waals surface area contributed by atoms with Crippen molar-refractivity contribution >= 4 is 57.2 Å². The van der Waals surface area contributed by atoms with E-state index in [0.29, 0.717) is 33.3 Å². The van der Waals surface area contributed by atoms with Crippen LogP contribution in [0.5, 0.6) is 11.5 Å². The molecule has 47 heavy (non-hydrogen) atoms. The summed E-state index contributed by atoms with van der Waals surface area (Å²) >= 11 is 2.07. The van der Waals surface area contributed by atoms with Gasteiger partial charge in [-0.05, 0) is 86.1 Å². The van der Waals surface area contributed by atoms with Gasteiger partial charge in [-0.15, -0.1) is 0 Å². The fourth-order valence-electron chi connectivity index (χ4n) is 6.73. The summed E-state index contributed by atoms with van der Waals surface area (Å²) in [6.45, 7) is 8.02. The Labute approximate surface area is 294 Å². The molecule has 1 aliphatic heterocycles. The number of benzene rings is 3. The third kappa shape index (κ3) is 8.22. The van der Waals surface area contributed by atoms with Gasteiger partial charge in [-0.1, -0.05) is 106 Å². The molecule has 4 rings (SSSR count). The molecule has 0 amide bonds. The number of aliphatic hydroxyl groups is 2. The summed E-state index contributed by atoms with van der Waals surface area (Å²) in [6.07, 6.45) is 3.47. The first-order valence-corrected chi connectivity index (χ1v) is 20.7. The Morgan fingerprint density at radius 2 is 1.64 bits per heavy atom. The third-order valence-electron chi connectivity index (χ3n) is 8.92. The average molecular weight is 791 g/mol. The molecule has 1 aliphatic rings. The van der Waals surface area contributed by atoms with Crippen LogP contribution in [0, 0.1) is 3.57 Å². The summed E-state index contributed by atoms with van der Waals surface area (Å²) in [5.41, 5.74) is 2.85. The lowest BCUT2D eigenvalue weighted by molar-refractivity contribution is 0.186. The molecular formula is C37H47IO7SSi. The van der Waals surface area contributed by atoms with Crippen molar-refractivity contribution < 1.29 is 32.9 Å². The van der Waals surface area contributed by atoms with Gasteiger partial charge >= 0.3 is 0 Å². The lowest BCUT2D eigenvalue weighted by Crippen LogP contribution is -2.66. The number of phenols is 1. The maximum absolute atomic E-state index is 13.4. The molecular weight excluding hydrogens is 743 g/mol. The van der Waals surface area contributed by atoms with Gasteiger partial charge in [0.15, 0.2) is 21.3 Å². The second-order valence-corrected chi connectivity index (χ2v) is 20.8. The van der Waals surface area contributed by atoms with Gasteiger partial charge in [0.25, 0.3) is 8.32 Å². The van der Waals surface area contributed by atoms with Gasteiger partial charge in [-0.25, -0.2) is 8.42 Å². The number of methoxy groups -OCH3 is 1. The minimum absolute atomic E-state index is 0.0405. The second-order valence-electron chi connectivity index (χ2n) is 13.1. The van der Waals surface area contributed by atoms with Gasteiger partial charge in [0.1, 0.15) is 5.25 Å². The first kappa shape index (κ1) is 37.3. The highest BCUT2D eigenvalue weighted by molar-refractivity contribution is 14.1. The van der Waals surface area contributed by atoms with E-state index in [9.17, 15) is 23.7 Å². The lowest BCUT2D eigenvalue weighted by atomic mass is 9.93. The Morgan fingerprint density at radius 3 is 2.15 bits per heavy atom. The molecule has 0 aromatic heterocycles. The van der Waals surface area contributed by atoms with E-state index in [0.717, 1.165) is 34.4 Å². The van der Waals surface area contributed by atoms with E-state index >= 15 is 0 Å². The summed E-state index contributed by atoms with van der Waals surface area (Å²) in [5.74, 6) is 0.221. The molecule has 3 aromatic rings. The highest BCUT2D eigenvalue weighted by Gasteiger charge is 2.51. The molecule has 0 unspecified atom stereocenters. The van der Waals surface area contributed by atoms with Crippen LogP contribution in [-0.2, 0) is 14.3 Å². The minimum atomic E-state index is -3.73. The van der Waals surface area contributed by atoms with E-state index in [4.69, 9.17) is 9.16 Å². The van der Waals surface area contributed by atoms with Crippen LogP contribution in [0.15, 0.2) is 89.5 Å². The smallest absolute Gasteiger partial charge is 0.261 e. The average Bonchev–Trinajstić information content (AvgIpc) is 3.31. The summed E-state index contributed by atoms with van der Waals surface area (Å²) in [5, 5.41) is 32.9. The quantitative estimate of drug-likeness (QED) is 0.105. The molecule has 0 spiro atoms. The van der Waals surface area contributed by atoms with Gasteiger partial charge in [0.05, 0.1) is 35.8 Å². The van der Waals surface area contributed by atoms with Gasteiger partial charge in [0.2, 0.25) is 0 Å². The van der Waals surface area contributed by atoms with Crippen molar-refractivity contribution in [1.82, 2.24) is 0 Å². The molecule has 2 atom stereocenters. The summed E-state index contributed by atoms with van der Waals surface area (Å²) in [6, 6.07) is 24.0. The predicted octanol–water partition coefficient (Wildman–Crippen LogP) is 5.99. The molecule has 0 saturated heterocycles. The molecule has 1 heterocycles. The highest BCUT2D eigenvalue weighted by atomic mass is 127. The molecule has 3 aromatic carbocycles. The van der Waals surface area contributed by atoms with Crippen molar-refractivity contribution in [2.45, 2.75) is 69.8 Å². The minimum Gasteiger partial charge on any atom is -0.504 e. The number of hydrogen-bond acceptors (Lipinski definition) is 7. The summed E-state index contributed by atoms with van der Waals surface area (Å²) in [7, 11) is -5.19. The topological polar surface area (TPSA) is 113 Å². The number of halogens is 1. The number of rotatable bonds is 14. The molecule has 10 heteroatoms. The Kier molecular flexibility index (Phi) is 12.6. The SMILES string of the molecule is CCC/C(=C\c1cc(I)c(O)c(OC)c1)CC[C@@H](O)C1=C(CO[Si](c2ccccc2)(c2ccccc2)C(C)(C)C)CS(=O)(=O)[C@H]1CO. The predicted molar refractivity (Wildman–Crippen MR) is 201 cm³/mol. The number of allylic oxidation sites excluding steroid dienone is 1. The zero-order valence-electron chi connectivity index (χ0n) is 27.9. The first-order valence-electron chi connectivity index (χ1n) is 16.0. The Hall–Kier alpha value is -2.48. The van der Waals surface area contributed by atoms with Crippen molar-refractivity contribution in [3.05, 3.63) is 98.6 Å². The van der Waals surface area contributed by atoms with Crippen molar-refractivity contribution in [1.29, 1.82) is 0 Å². The number of phenolic OH excluding ortho intramolecular Hbond substituents is 1. The molecule has 254 valence electrons.